The summed E-state index contributed by atoms with van der Waals surface area (Å²) in [6.45, 7) is 7.41. The van der Waals surface area contributed by atoms with Crippen LogP contribution in [0, 0.1) is 5.92 Å². The van der Waals surface area contributed by atoms with Gasteiger partial charge in [-0.25, -0.2) is 0 Å². The molecule has 1 heterocycles. The number of aliphatic imine (C=N–C) groups is 1. The lowest BCUT2D eigenvalue weighted by Crippen LogP contribution is -2.38. The van der Waals surface area contributed by atoms with Crippen molar-refractivity contribution in [3.8, 4) is 0 Å². The van der Waals surface area contributed by atoms with Crippen molar-refractivity contribution in [3.05, 3.63) is 29.3 Å². The van der Waals surface area contributed by atoms with Gasteiger partial charge in [-0.2, -0.15) is 0 Å². The Kier molecular flexibility index (Phi) is 11.5. The van der Waals surface area contributed by atoms with E-state index in [-0.39, 0.29) is 5.91 Å². The van der Waals surface area contributed by atoms with Crippen LogP contribution in [0.5, 0.6) is 0 Å². The predicted octanol–water partition coefficient (Wildman–Crippen LogP) is 3.06. The van der Waals surface area contributed by atoms with Gasteiger partial charge in [0, 0.05) is 55.9 Å². The molecule has 0 spiro atoms. The molecule has 29 heavy (non-hydrogen) atoms. The zero-order valence-electron chi connectivity index (χ0n) is 17.2. The number of hydrogen-bond acceptors (Lipinski definition) is 4. The minimum Gasteiger partial charge on any atom is -0.381 e. The number of nitrogens with one attached hydrogen (secondary N) is 3. The number of guanidine groups is 1. The number of carbonyl (C=O) groups is 1. The van der Waals surface area contributed by atoms with Crippen LogP contribution in [-0.4, -0.2) is 57.9 Å². The van der Waals surface area contributed by atoms with Gasteiger partial charge in [0.15, 0.2) is 5.96 Å². The Hall–Kier alpha value is -1.83. The maximum atomic E-state index is 12.0. The molecular formula is C21H33ClN4O3. The summed E-state index contributed by atoms with van der Waals surface area (Å²) >= 11 is 5.84. The van der Waals surface area contributed by atoms with E-state index in [1.54, 1.807) is 24.3 Å². The van der Waals surface area contributed by atoms with Crippen LogP contribution < -0.4 is 16.0 Å². The van der Waals surface area contributed by atoms with Gasteiger partial charge < -0.3 is 25.4 Å². The summed E-state index contributed by atoms with van der Waals surface area (Å²) in [5, 5.41) is 10.0. The molecule has 1 saturated heterocycles. The molecule has 0 bridgehead atoms. The normalized spacial score (nSPS) is 16.6. The number of hydrogen-bond donors (Lipinski definition) is 3. The van der Waals surface area contributed by atoms with Crippen LogP contribution in [0.3, 0.4) is 0 Å². The van der Waals surface area contributed by atoms with E-state index < -0.39 is 0 Å². The summed E-state index contributed by atoms with van der Waals surface area (Å²) in [6.07, 6.45) is 3.13. The molecule has 1 fully saturated rings. The van der Waals surface area contributed by atoms with Crippen LogP contribution in [0.25, 0.3) is 0 Å². The van der Waals surface area contributed by atoms with Crippen molar-refractivity contribution in [2.45, 2.75) is 32.6 Å². The van der Waals surface area contributed by atoms with E-state index in [0.717, 1.165) is 64.0 Å². The standard InChI is InChI=1S/C21H33ClN4O3/c1-2-23-21(25-12-4-13-28-15-17-10-14-29-16-17)24-11-3-5-20(27)26-19-8-6-18(22)7-9-19/h6-9,17H,2-5,10-16H2,1H3,(H,26,27)(H2,23,24,25). The molecular weight excluding hydrogens is 392 g/mol. The molecule has 0 aliphatic carbocycles. The maximum absolute atomic E-state index is 12.0. The summed E-state index contributed by atoms with van der Waals surface area (Å²) in [7, 11) is 0. The van der Waals surface area contributed by atoms with Crippen molar-refractivity contribution in [2.75, 3.05) is 51.4 Å². The van der Waals surface area contributed by atoms with Gasteiger partial charge in [-0.3, -0.25) is 9.79 Å². The molecule has 0 aromatic heterocycles. The van der Waals surface area contributed by atoms with Gasteiger partial charge >= 0.3 is 0 Å². The second-order valence-corrected chi connectivity index (χ2v) is 7.44. The lowest BCUT2D eigenvalue weighted by molar-refractivity contribution is -0.116. The van der Waals surface area contributed by atoms with Gasteiger partial charge in [0.2, 0.25) is 5.91 Å². The lowest BCUT2D eigenvalue weighted by atomic mass is 10.1. The van der Waals surface area contributed by atoms with Crippen LogP contribution in [-0.2, 0) is 14.3 Å². The smallest absolute Gasteiger partial charge is 0.224 e. The van der Waals surface area contributed by atoms with E-state index in [1.165, 1.54) is 0 Å². The fourth-order valence-corrected chi connectivity index (χ4v) is 3.00. The highest BCUT2D eigenvalue weighted by Gasteiger charge is 2.15. The number of nitrogens with zero attached hydrogens (tertiary/aromatic N) is 1. The van der Waals surface area contributed by atoms with Crippen molar-refractivity contribution in [3.63, 3.8) is 0 Å². The first-order valence-corrected chi connectivity index (χ1v) is 10.8. The monoisotopic (exact) mass is 424 g/mol. The topological polar surface area (TPSA) is 84.0 Å². The summed E-state index contributed by atoms with van der Waals surface area (Å²) in [4.78, 5) is 16.5. The summed E-state index contributed by atoms with van der Waals surface area (Å²) in [5.74, 6) is 1.30. The van der Waals surface area contributed by atoms with E-state index in [4.69, 9.17) is 21.1 Å². The Bertz CT molecular complexity index is 619. The van der Waals surface area contributed by atoms with Crippen molar-refractivity contribution in [1.82, 2.24) is 10.6 Å². The summed E-state index contributed by atoms with van der Waals surface area (Å²) in [5.41, 5.74) is 0.751. The lowest BCUT2D eigenvalue weighted by Gasteiger charge is -2.12. The quantitative estimate of drug-likeness (QED) is 0.273. The van der Waals surface area contributed by atoms with E-state index >= 15 is 0 Å². The van der Waals surface area contributed by atoms with E-state index in [9.17, 15) is 4.79 Å². The molecule has 1 aliphatic heterocycles. The second-order valence-electron chi connectivity index (χ2n) is 7.00. The number of ether oxygens (including phenoxy) is 2. The largest absolute Gasteiger partial charge is 0.381 e. The number of benzene rings is 1. The molecule has 0 saturated carbocycles. The van der Waals surface area contributed by atoms with Crippen molar-refractivity contribution in [1.29, 1.82) is 0 Å². The van der Waals surface area contributed by atoms with E-state index in [1.807, 2.05) is 6.92 Å². The van der Waals surface area contributed by atoms with Gasteiger partial charge in [-0.1, -0.05) is 11.6 Å². The molecule has 7 nitrogen and oxygen atoms in total. The summed E-state index contributed by atoms with van der Waals surface area (Å²) in [6, 6.07) is 7.09. The van der Waals surface area contributed by atoms with Gasteiger partial charge in [-0.05, 0) is 50.5 Å². The van der Waals surface area contributed by atoms with Crippen LogP contribution in [0.1, 0.15) is 32.6 Å². The highest BCUT2D eigenvalue weighted by molar-refractivity contribution is 6.30. The first-order valence-electron chi connectivity index (χ1n) is 10.4. The Morgan fingerprint density at radius 3 is 2.83 bits per heavy atom. The SMILES string of the molecule is CCNC(=NCCCC(=O)Nc1ccc(Cl)cc1)NCCCOCC1CCOC1. The zero-order valence-corrected chi connectivity index (χ0v) is 18.0. The van der Waals surface area contributed by atoms with Crippen molar-refractivity contribution < 1.29 is 14.3 Å². The first kappa shape index (κ1) is 23.4. The molecule has 1 amide bonds. The highest BCUT2D eigenvalue weighted by Crippen LogP contribution is 2.14. The molecule has 1 unspecified atom stereocenters. The Balaban J connectivity index is 1.55. The average Bonchev–Trinajstić information content (AvgIpc) is 3.23. The third-order valence-electron chi connectivity index (χ3n) is 4.44. The van der Waals surface area contributed by atoms with Gasteiger partial charge in [0.05, 0.1) is 13.2 Å². The van der Waals surface area contributed by atoms with E-state index in [0.29, 0.717) is 30.3 Å². The Labute approximate surface area is 178 Å². The third kappa shape index (κ3) is 10.5. The van der Waals surface area contributed by atoms with Crippen molar-refractivity contribution >= 4 is 29.2 Å². The van der Waals surface area contributed by atoms with Gasteiger partial charge in [0.1, 0.15) is 0 Å². The van der Waals surface area contributed by atoms with Gasteiger partial charge in [0.25, 0.3) is 0 Å². The first-order chi connectivity index (χ1) is 14.2. The van der Waals surface area contributed by atoms with Crippen molar-refractivity contribution in [2.24, 2.45) is 10.9 Å². The number of anilines is 1. The fraction of sp³-hybridized carbons (Fsp3) is 0.619. The second kappa shape index (κ2) is 14.2. The number of halogens is 1. The molecule has 1 aromatic carbocycles. The fourth-order valence-electron chi connectivity index (χ4n) is 2.87. The van der Waals surface area contributed by atoms with Crippen LogP contribution in [0.15, 0.2) is 29.3 Å². The predicted molar refractivity (Wildman–Crippen MR) is 118 cm³/mol. The van der Waals surface area contributed by atoms with Crippen LogP contribution >= 0.6 is 11.6 Å². The number of carbonyl (C=O) groups excluding carboxylic acids is 1. The molecule has 1 atom stereocenters. The molecule has 1 aliphatic rings. The minimum absolute atomic E-state index is 0.0229. The zero-order chi connectivity index (χ0) is 20.7. The average molecular weight is 425 g/mol. The molecule has 3 N–H and O–H groups in total. The van der Waals surface area contributed by atoms with E-state index in [2.05, 4.69) is 20.9 Å². The molecule has 8 heteroatoms. The molecule has 0 radical (unpaired) electrons. The third-order valence-corrected chi connectivity index (χ3v) is 4.69. The van der Waals surface area contributed by atoms with Crippen LogP contribution in [0.2, 0.25) is 5.02 Å². The summed E-state index contributed by atoms with van der Waals surface area (Å²) < 4.78 is 11.1. The van der Waals surface area contributed by atoms with Crippen LogP contribution in [0.4, 0.5) is 5.69 Å². The Morgan fingerprint density at radius 2 is 2.10 bits per heavy atom. The highest BCUT2D eigenvalue weighted by atomic mass is 35.5. The molecule has 2 rings (SSSR count). The van der Waals surface area contributed by atoms with Gasteiger partial charge in [-0.15, -0.1) is 0 Å². The molecule has 162 valence electrons. The maximum Gasteiger partial charge on any atom is 0.224 e. The number of amides is 1. The minimum atomic E-state index is -0.0229. The number of rotatable bonds is 12. The Morgan fingerprint density at radius 1 is 1.28 bits per heavy atom. The molecule has 1 aromatic rings.